The topological polar surface area (TPSA) is 65.3 Å². The average molecular weight is 321 g/mol. The van der Waals surface area contributed by atoms with Crippen LogP contribution in [-0.2, 0) is 16.0 Å². The van der Waals surface area contributed by atoms with E-state index in [2.05, 4.69) is 40.9 Å². The summed E-state index contributed by atoms with van der Waals surface area (Å²) in [5.74, 6) is 0.788. The lowest BCUT2D eigenvalue weighted by atomic mass is 9.97. The highest BCUT2D eigenvalue weighted by atomic mass is 16.6. The van der Waals surface area contributed by atoms with Gasteiger partial charge < -0.3 is 14.4 Å². The molecular formula is C16H27N5O2. The third-order valence-electron chi connectivity index (χ3n) is 4.64. The Morgan fingerprint density at radius 1 is 1.52 bits per heavy atom. The number of ether oxygens (including phenoxy) is 2. The van der Waals surface area contributed by atoms with E-state index in [4.69, 9.17) is 9.47 Å². The van der Waals surface area contributed by atoms with Crippen LogP contribution in [-0.4, -0.2) is 57.7 Å². The van der Waals surface area contributed by atoms with Crippen molar-refractivity contribution < 1.29 is 9.47 Å². The fourth-order valence-corrected chi connectivity index (χ4v) is 3.60. The van der Waals surface area contributed by atoms with Crippen LogP contribution in [0.3, 0.4) is 0 Å². The summed E-state index contributed by atoms with van der Waals surface area (Å²) in [6, 6.07) is 0. The van der Waals surface area contributed by atoms with Gasteiger partial charge in [-0.15, -0.1) is 0 Å². The predicted octanol–water partition coefficient (Wildman–Crippen LogP) is 1.80. The second kappa shape index (κ2) is 6.57. The number of likely N-dealkylation sites (N-methyl/N-ethyl adjacent to an activating group) is 1. The van der Waals surface area contributed by atoms with Gasteiger partial charge in [-0.2, -0.15) is 0 Å². The number of nitrogens with zero attached hydrogens (tertiary/aromatic N) is 5. The van der Waals surface area contributed by atoms with Gasteiger partial charge in [0.15, 0.2) is 0 Å². The molecule has 23 heavy (non-hydrogen) atoms. The summed E-state index contributed by atoms with van der Waals surface area (Å²) >= 11 is 0. The van der Waals surface area contributed by atoms with Crippen molar-refractivity contribution in [2.75, 3.05) is 24.6 Å². The first-order valence-corrected chi connectivity index (χ1v) is 8.46. The van der Waals surface area contributed by atoms with E-state index in [0.717, 1.165) is 43.9 Å². The lowest BCUT2D eigenvalue weighted by molar-refractivity contribution is -0.0508. The van der Waals surface area contributed by atoms with E-state index < -0.39 is 0 Å². The Kier molecular flexibility index (Phi) is 4.68. The van der Waals surface area contributed by atoms with Gasteiger partial charge >= 0.3 is 0 Å². The molecule has 0 saturated carbocycles. The Morgan fingerprint density at radius 2 is 2.35 bits per heavy atom. The molecule has 3 atom stereocenters. The Balaban J connectivity index is 1.65. The van der Waals surface area contributed by atoms with Gasteiger partial charge in [-0.1, -0.05) is 17.3 Å². The van der Waals surface area contributed by atoms with Crippen molar-refractivity contribution in [1.29, 1.82) is 0 Å². The average Bonchev–Trinajstić information content (AvgIpc) is 3.19. The van der Waals surface area contributed by atoms with Gasteiger partial charge in [-0.25, -0.2) is 4.68 Å². The van der Waals surface area contributed by atoms with Crippen molar-refractivity contribution in [3.8, 4) is 0 Å². The van der Waals surface area contributed by atoms with Gasteiger partial charge in [0.1, 0.15) is 0 Å². The molecule has 1 aromatic heterocycles. The van der Waals surface area contributed by atoms with E-state index >= 15 is 0 Å². The van der Waals surface area contributed by atoms with Gasteiger partial charge in [-0.3, -0.25) is 0 Å². The molecule has 3 heterocycles. The SMILES string of the molecule is C=C(C)CN(CC)c1nnnn1CC1CCC2(COC(C)C2)O1. The zero-order valence-electron chi connectivity index (χ0n) is 14.4. The summed E-state index contributed by atoms with van der Waals surface area (Å²) in [5, 5.41) is 12.2. The number of hydrogen-bond acceptors (Lipinski definition) is 6. The number of rotatable bonds is 6. The lowest BCUT2D eigenvalue weighted by Gasteiger charge is -2.24. The van der Waals surface area contributed by atoms with Gasteiger partial charge in [0.25, 0.3) is 0 Å². The maximum absolute atomic E-state index is 6.33. The Labute approximate surface area is 137 Å². The molecule has 128 valence electrons. The Hall–Kier alpha value is -1.47. The molecule has 1 spiro atoms. The lowest BCUT2D eigenvalue weighted by Crippen LogP contribution is -2.32. The van der Waals surface area contributed by atoms with Crippen LogP contribution in [0.5, 0.6) is 0 Å². The molecule has 7 nitrogen and oxygen atoms in total. The van der Waals surface area contributed by atoms with Crippen LogP contribution in [0.1, 0.15) is 40.0 Å². The van der Waals surface area contributed by atoms with Crippen molar-refractivity contribution in [2.24, 2.45) is 0 Å². The monoisotopic (exact) mass is 321 g/mol. The van der Waals surface area contributed by atoms with Crippen molar-refractivity contribution in [3.63, 3.8) is 0 Å². The molecule has 0 aromatic carbocycles. The zero-order chi connectivity index (χ0) is 16.4. The number of anilines is 1. The minimum Gasteiger partial charge on any atom is -0.375 e. The summed E-state index contributed by atoms with van der Waals surface area (Å²) in [6.07, 6.45) is 3.52. The normalized spacial score (nSPS) is 30.2. The molecule has 3 unspecified atom stereocenters. The molecule has 0 amide bonds. The third-order valence-corrected chi connectivity index (χ3v) is 4.64. The van der Waals surface area contributed by atoms with Crippen molar-refractivity contribution in [1.82, 2.24) is 20.2 Å². The van der Waals surface area contributed by atoms with Gasteiger partial charge in [0, 0.05) is 19.5 Å². The summed E-state index contributed by atoms with van der Waals surface area (Å²) in [6.45, 7) is 13.2. The van der Waals surface area contributed by atoms with Gasteiger partial charge in [0.2, 0.25) is 5.95 Å². The summed E-state index contributed by atoms with van der Waals surface area (Å²) in [5.41, 5.74) is 1.01. The molecule has 2 aliphatic heterocycles. The standard InChI is InChI=1S/C16H27N5O2/c1-5-20(9-12(2)3)15-17-18-19-21(15)10-14-6-7-16(23-14)8-13(4)22-11-16/h13-14H,2,5-11H2,1,3-4H3. The largest absolute Gasteiger partial charge is 0.375 e. The highest BCUT2D eigenvalue weighted by molar-refractivity contribution is 5.30. The zero-order valence-corrected chi connectivity index (χ0v) is 14.4. The molecule has 2 fully saturated rings. The summed E-state index contributed by atoms with van der Waals surface area (Å²) < 4.78 is 13.9. The first kappa shape index (κ1) is 16.4. The minimum absolute atomic E-state index is 0.0829. The second-order valence-corrected chi connectivity index (χ2v) is 6.92. The van der Waals surface area contributed by atoms with E-state index in [1.807, 2.05) is 11.6 Å². The first-order chi connectivity index (χ1) is 11.0. The molecule has 1 aromatic rings. The summed E-state index contributed by atoms with van der Waals surface area (Å²) in [7, 11) is 0. The van der Waals surface area contributed by atoms with Crippen LogP contribution in [0.2, 0.25) is 0 Å². The highest BCUT2D eigenvalue weighted by Crippen LogP contribution is 2.39. The molecule has 0 aliphatic carbocycles. The molecule has 2 aliphatic rings. The van der Waals surface area contributed by atoms with Gasteiger partial charge in [-0.05, 0) is 44.0 Å². The van der Waals surface area contributed by atoms with Crippen LogP contribution in [0.4, 0.5) is 5.95 Å². The van der Waals surface area contributed by atoms with E-state index in [0.29, 0.717) is 19.3 Å². The van der Waals surface area contributed by atoms with Crippen LogP contribution >= 0.6 is 0 Å². The van der Waals surface area contributed by atoms with Crippen molar-refractivity contribution in [3.05, 3.63) is 12.2 Å². The van der Waals surface area contributed by atoms with Crippen LogP contribution in [0.25, 0.3) is 0 Å². The maximum Gasteiger partial charge on any atom is 0.245 e. The van der Waals surface area contributed by atoms with E-state index in [-0.39, 0.29) is 11.7 Å². The Morgan fingerprint density at radius 3 is 3.00 bits per heavy atom. The predicted molar refractivity (Wildman–Crippen MR) is 87.4 cm³/mol. The van der Waals surface area contributed by atoms with Crippen LogP contribution in [0.15, 0.2) is 12.2 Å². The quantitative estimate of drug-likeness (QED) is 0.745. The minimum atomic E-state index is -0.0829. The van der Waals surface area contributed by atoms with Crippen LogP contribution < -0.4 is 4.90 Å². The molecular weight excluding hydrogens is 294 g/mol. The van der Waals surface area contributed by atoms with E-state index in [1.165, 1.54) is 0 Å². The molecule has 0 bridgehead atoms. The van der Waals surface area contributed by atoms with Crippen LogP contribution in [0, 0.1) is 0 Å². The van der Waals surface area contributed by atoms with Gasteiger partial charge in [0.05, 0.1) is 31.0 Å². The molecule has 0 N–H and O–H groups in total. The van der Waals surface area contributed by atoms with E-state index in [9.17, 15) is 0 Å². The first-order valence-electron chi connectivity index (χ1n) is 8.46. The smallest absolute Gasteiger partial charge is 0.245 e. The highest BCUT2D eigenvalue weighted by Gasteiger charge is 2.46. The Bertz CT molecular complexity index is 560. The van der Waals surface area contributed by atoms with Crippen molar-refractivity contribution in [2.45, 2.75) is 64.4 Å². The second-order valence-electron chi connectivity index (χ2n) is 6.92. The molecule has 7 heteroatoms. The van der Waals surface area contributed by atoms with E-state index in [1.54, 1.807) is 0 Å². The molecule has 2 saturated heterocycles. The number of tetrazole rings is 1. The van der Waals surface area contributed by atoms with Crippen molar-refractivity contribution >= 4 is 5.95 Å². The third kappa shape index (κ3) is 3.55. The molecule has 0 radical (unpaired) electrons. The molecule has 3 rings (SSSR count). The maximum atomic E-state index is 6.33. The number of hydrogen-bond donors (Lipinski definition) is 0. The number of aromatic nitrogens is 4. The summed E-state index contributed by atoms with van der Waals surface area (Å²) in [4.78, 5) is 2.13. The fraction of sp³-hybridized carbons (Fsp3) is 0.812. The fourth-order valence-electron chi connectivity index (χ4n) is 3.60.